The zero-order chi connectivity index (χ0) is 12.9. The van der Waals surface area contributed by atoms with Crippen LogP contribution < -0.4 is 0 Å². The van der Waals surface area contributed by atoms with E-state index in [0.29, 0.717) is 12.3 Å². The largest absolute Gasteiger partial charge is 0.390 e. The summed E-state index contributed by atoms with van der Waals surface area (Å²) in [6, 6.07) is 8.56. The molecule has 1 nitrogen and oxygen atoms in total. The summed E-state index contributed by atoms with van der Waals surface area (Å²) < 4.78 is 0. The highest BCUT2D eigenvalue weighted by Gasteiger charge is 2.19. The predicted octanol–water partition coefficient (Wildman–Crippen LogP) is 4.07. The summed E-state index contributed by atoms with van der Waals surface area (Å²) in [5, 5.41) is 10.2. The van der Waals surface area contributed by atoms with Gasteiger partial charge in [-0.3, -0.25) is 0 Å². The van der Waals surface area contributed by atoms with Crippen LogP contribution in [0.4, 0.5) is 0 Å². The highest BCUT2D eigenvalue weighted by molar-refractivity contribution is 5.25. The summed E-state index contributed by atoms with van der Waals surface area (Å²) in [5.74, 6) is 0.560. The molecule has 0 aromatic heterocycles. The van der Waals surface area contributed by atoms with E-state index in [-0.39, 0.29) is 0 Å². The third-order valence-electron chi connectivity index (χ3n) is 3.12. The average Bonchev–Trinajstić information content (AvgIpc) is 2.26. The standard InChI is InChI=1S/C16H24O/c1-5-6-11-16(4,17)12-14-7-9-15(10-8-14)13(2)3/h5,7-10,13,17H,1,6,11-12H2,2-4H3. The molecule has 0 fully saturated rings. The van der Waals surface area contributed by atoms with Crippen molar-refractivity contribution in [1.29, 1.82) is 0 Å². The molecule has 1 unspecified atom stereocenters. The zero-order valence-electron chi connectivity index (χ0n) is 11.2. The number of allylic oxidation sites excluding steroid dienone is 1. The summed E-state index contributed by atoms with van der Waals surface area (Å²) in [6.07, 6.45) is 4.19. The summed E-state index contributed by atoms with van der Waals surface area (Å²) >= 11 is 0. The average molecular weight is 232 g/mol. The fraction of sp³-hybridized carbons (Fsp3) is 0.500. The van der Waals surface area contributed by atoms with Crippen LogP contribution in [-0.4, -0.2) is 10.7 Å². The van der Waals surface area contributed by atoms with Gasteiger partial charge in [0, 0.05) is 6.42 Å². The first-order valence-corrected chi connectivity index (χ1v) is 6.37. The molecular weight excluding hydrogens is 208 g/mol. The normalized spacial score (nSPS) is 14.6. The molecule has 0 radical (unpaired) electrons. The van der Waals surface area contributed by atoms with Crippen molar-refractivity contribution in [3.63, 3.8) is 0 Å². The van der Waals surface area contributed by atoms with Gasteiger partial charge in [-0.25, -0.2) is 0 Å². The van der Waals surface area contributed by atoms with Crippen LogP contribution in [0.1, 0.15) is 50.7 Å². The lowest BCUT2D eigenvalue weighted by Crippen LogP contribution is -2.26. The van der Waals surface area contributed by atoms with Gasteiger partial charge in [0.2, 0.25) is 0 Å². The van der Waals surface area contributed by atoms with Crippen molar-refractivity contribution < 1.29 is 5.11 Å². The fourth-order valence-electron chi connectivity index (χ4n) is 1.96. The Morgan fingerprint density at radius 1 is 1.29 bits per heavy atom. The van der Waals surface area contributed by atoms with Crippen molar-refractivity contribution >= 4 is 0 Å². The molecule has 1 heteroatoms. The van der Waals surface area contributed by atoms with E-state index in [4.69, 9.17) is 0 Å². The van der Waals surface area contributed by atoms with Gasteiger partial charge in [0.25, 0.3) is 0 Å². The summed E-state index contributed by atoms with van der Waals surface area (Å²) in [6.45, 7) is 9.97. The van der Waals surface area contributed by atoms with Gasteiger partial charge in [-0.15, -0.1) is 6.58 Å². The Bertz CT molecular complexity index is 346. The third-order valence-corrected chi connectivity index (χ3v) is 3.12. The monoisotopic (exact) mass is 232 g/mol. The zero-order valence-corrected chi connectivity index (χ0v) is 11.2. The van der Waals surface area contributed by atoms with E-state index in [1.54, 1.807) is 0 Å². The molecule has 1 N–H and O–H groups in total. The molecule has 0 bridgehead atoms. The van der Waals surface area contributed by atoms with Gasteiger partial charge in [0.15, 0.2) is 0 Å². The van der Waals surface area contributed by atoms with Crippen molar-refractivity contribution in [3.8, 4) is 0 Å². The molecule has 1 rings (SSSR count). The maximum atomic E-state index is 10.2. The van der Waals surface area contributed by atoms with Crippen LogP contribution >= 0.6 is 0 Å². The fourth-order valence-corrected chi connectivity index (χ4v) is 1.96. The summed E-state index contributed by atoms with van der Waals surface area (Å²) in [4.78, 5) is 0. The number of hydrogen-bond acceptors (Lipinski definition) is 1. The topological polar surface area (TPSA) is 20.2 Å². The second-order valence-electron chi connectivity index (χ2n) is 5.40. The molecule has 1 aromatic carbocycles. The molecule has 0 saturated heterocycles. The molecular formula is C16H24O. The first-order valence-electron chi connectivity index (χ1n) is 6.37. The van der Waals surface area contributed by atoms with Gasteiger partial charge >= 0.3 is 0 Å². The van der Waals surface area contributed by atoms with Crippen LogP contribution in [0, 0.1) is 0 Å². The maximum absolute atomic E-state index is 10.2. The first kappa shape index (κ1) is 14.0. The van der Waals surface area contributed by atoms with E-state index < -0.39 is 5.60 Å². The second-order valence-corrected chi connectivity index (χ2v) is 5.40. The van der Waals surface area contributed by atoms with Gasteiger partial charge in [-0.1, -0.05) is 44.2 Å². The number of benzene rings is 1. The van der Waals surface area contributed by atoms with Gasteiger partial charge < -0.3 is 5.11 Å². The van der Waals surface area contributed by atoms with E-state index >= 15 is 0 Å². The Morgan fingerprint density at radius 2 is 1.88 bits per heavy atom. The van der Waals surface area contributed by atoms with Crippen LogP contribution in [0.15, 0.2) is 36.9 Å². The number of hydrogen-bond donors (Lipinski definition) is 1. The van der Waals surface area contributed by atoms with Crippen LogP contribution in [0.3, 0.4) is 0 Å². The summed E-state index contributed by atoms with van der Waals surface area (Å²) in [5.41, 5.74) is 1.91. The van der Waals surface area contributed by atoms with Gasteiger partial charge in [-0.2, -0.15) is 0 Å². The molecule has 94 valence electrons. The summed E-state index contributed by atoms with van der Waals surface area (Å²) in [7, 11) is 0. The molecule has 1 aromatic rings. The molecule has 0 aliphatic rings. The molecule has 0 amide bonds. The van der Waals surface area contributed by atoms with E-state index in [1.807, 2.05) is 13.0 Å². The van der Waals surface area contributed by atoms with Crippen molar-refractivity contribution in [2.24, 2.45) is 0 Å². The van der Waals surface area contributed by atoms with Crippen molar-refractivity contribution in [3.05, 3.63) is 48.0 Å². The number of rotatable bonds is 6. The van der Waals surface area contributed by atoms with E-state index in [9.17, 15) is 5.11 Å². The first-order chi connectivity index (χ1) is 7.94. The Kier molecular flexibility index (Phi) is 4.95. The van der Waals surface area contributed by atoms with Crippen LogP contribution in [0.25, 0.3) is 0 Å². The lowest BCUT2D eigenvalue weighted by Gasteiger charge is -2.23. The highest BCUT2D eigenvalue weighted by Crippen LogP contribution is 2.21. The quantitative estimate of drug-likeness (QED) is 0.733. The molecule has 1 atom stereocenters. The molecule has 0 saturated carbocycles. The minimum absolute atomic E-state index is 0.560. The minimum Gasteiger partial charge on any atom is -0.390 e. The van der Waals surface area contributed by atoms with Gasteiger partial charge in [-0.05, 0) is 36.8 Å². The molecule has 0 heterocycles. The lowest BCUT2D eigenvalue weighted by molar-refractivity contribution is 0.0523. The smallest absolute Gasteiger partial charge is 0.0662 e. The minimum atomic E-state index is -0.631. The number of aliphatic hydroxyl groups is 1. The Morgan fingerprint density at radius 3 is 2.35 bits per heavy atom. The Hall–Kier alpha value is -1.08. The Balaban J connectivity index is 2.65. The Labute approximate surface area is 105 Å². The van der Waals surface area contributed by atoms with Crippen LogP contribution in [-0.2, 0) is 6.42 Å². The SMILES string of the molecule is C=CCCC(C)(O)Cc1ccc(C(C)C)cc1. The molecule has 0 aliphatic heterocycles. The molecule has 0 aliphatic carbocycles. The van der Waals surface area contributed by atoms with Crippen LogP contribution in [0.2, 0.25) is 0 Å². The van der Waals surface area contributed by atoms with E-state index in [0.717, 1.165) is 12.8 Å². The molecule has 17 heavy (non-hydrogen) atoms. The van der Waals surface area contributed by atoms with E-state index in [2.05, 4.69) is 44.7 Å². The lowest BCUT2D eigenvalue weighted by atomic mass is 9.91. The third kappa shape index (κ3) is 4.74. The predicted molar refractivity (Wildman–Crippen MR) is 74.3 cm³/mol. The van der Waals surface area contributed by atoms with E-state index in [1.165, 1.54) is 11.1 Å². The van der Waals surface area contributed by atoms with Crippen molar-refractivity contribution in [1.82, 2.24) is 0 Å². The van der Waals surface area contributed by atoms with Crippen LogP contribution in [0.5, 0.6) is 0 Å². The van der Waals surface area contributed by atoms with Crippen molar-refractivity contribution in [2.45, 2.75) is 51.6 Å². The van der Waals surface area contributed by atoms with Gasteiger partial charge in [0.1, 0.15) is 0 Å². The molecule has 0 spiro atoms. The van der Waals surface area contributed by atoms with Crippen molar-refractivity contribution in [2.75, 3.05) is 0 Å². The highest BCUT2D eigenvalue weighted by atomic mass is 16.3. The maximum Gasteiger partial charge on any atom is 0.0662 e. The van der Waals surface area contributed by atoms with Gasteiger partial charge in [0.05, 0.1) is 5.60 Å². The second kappa shape index (κ2) is 6.02.